The number of imide groups is 1. The maximum atomic E-state index is 13.7. The number of non-ortho nitro benzene ring substituents is 1. The number of hydroxylamine groups is 1. The number of benzene rings is 3. The molecule has 0 spiro atoms. The molecule has 2 aliphatic rings. The average Bonchev–Trinajstić information content (AvgIpc) is 3.31. The van der Waals surface area contributed by atoms with E-state index < -0.39 is 28.9 Å². The molecule has 2 fully saturated rings. The van der Waals surface area contributed by atoms with Gasteiger partial charge in [-0.2, -0.15) is 0 Å². The van der Waals surface area contributed by atoms with Crippen LogP contribution in [0.15, 0.2) is 72.8 Å². The molecule has 0 radical (unpaired) electrons. The normalized spacial score (nSPS) is 22.1. The van der Waals surface area contributed by atoms with E-state index in [1.54, 1.807) is 29.3 Å². The fraction of sp³-hybridized carbons (Fsp3) is 0.200. The molecule has 2 aliphatic heterocycles. The minimum absolute atomic E-state index is 0.0896. The number of rotatable bonds is 4. The zero-order chi connectivity index (χ0) is 23.3. The van der Waals surface area contributed by atoms with Crippen LogP contribution in [0.1, 0.15) is 22.7 Å². The van der Waals surface area contributed by atoms with E-state index in [4.69, 9.17) is 4.84 Å². The third kappa shape index (κ3) is 3.27. The van der Waals surface area contributed by atoms with Gasteiger partial charge in [-0.25, -0.2) is 9.96 Å². The molecule has 5 rings (SSSR count). The molecule has 0 N–H and O–H groups in total. The minimum atomic E-state index is -1.03. The minimum Gasteiger partial charge on any atom is -0.273 e. The Morgan fingerprint density at radius 2 is 1.48 bits per heavy atom. The molecule has 3 atom stereocenters. The van der Waals surface area contributed by atoms with Crippen molar-refractivity contribution < 1.29 is 19.3 Å². The molecule has 3 aromatic rings. The number of fused-ring (bicyclic) bond motifs is 1. The lowest BCUT2D eigenvalue weighted by Crippen LogP contribution is -2.37. The Hall–Kier alpha value is -4.04. The monoisotopic (exact) mass is 443 g/mol. The van der Waals surface area contributed by atoms with Gasteiger partial charge in [-0.05, 0) is 42.7 Å². The summed E-state index contributed by atoms with van der Waals surface area (Å²) in [5.74, 6) is -1.67. The van der Waals surface area contributed by atoms with Crippen LogP contribution in [0.25, 0.3) is 0 Å². The topological polar surface area (TPSA) is 93.0 Å². The number of carbonyl (C=O) groups is 2. The van der Waals surface area contributed by atoms with E-state index in [9.17, 15) is 19.7 Å². The van der Waals surface area contributed by atoms with Crippen molar-refractivity contribution in [2.45, 2.75) is 26.0 Å². The standard InChI is InChI=1S/C25H21N3O5/c1-15-8-3-5-12-19(15)26-24(29)21-22(17-10-7-11-18(14-17)28(31)32)27(33-23(21)25(26)30)20-13-6-4-9-16(20)2/h3-14,21-23H,1-2H3. The van der Waals surface area contributed by atoms with E-state index in [-0.39, 0.29) is 11.6 Å². The average molecular weight is 443 g/mol. The van der Waals surface area contributed by atoms with E-state index >= 15 is 0 Å². The molecule has 0 saturated carbocycles. The van der Waals surface area contributed by atoms with Crippen molar-refractivity contribution in [1.29, 1.82) is 0 Å². The van der Waals surface area contributed by atoms with Crippen molar-refractivity contribution in [1.82, 2.24) is 0 Å². The second-order valence-corrected chi connectivity index (χ2v) is 8.26. The number of anilines is 2. The molecular formula is C25H21N3O5. The van der Waals surface area contributed by atoms with Crippen LogP contribution in [-0.4, -0.2) is 22.8 Å². The van der Waals surface area contributed by atoms with E-state index in [2.05, 4.69) is 0 Å². The maximum Gasteiger partial charge on any atom is 0.269 e. The molecule has 0 aromatic heterocycles. The van der Waals surface area contributed by atoms with Crippen molar-refractivity contribution in [3.63, 3.8) is 0 Å². The SMILES string of the molecule is Cc1ccccc1N1C(=O)C2ON(c3ccccc3C)C(c3cccc([N+](=O)[O-])c3)C2C1=O. The number of carbonyl (C=O) groups excluding carboxylic acids is 2. The van der Waals surface area contributed by atoms with Crippen LogP contribution in [0.2, 0.25) is 0 Å². The van der Waals surface area contributed by atoms with Crippen molar-refractivity contribution in [3.05, 3.63) is 99.6 Å². The van der Waals surface area contributed by atoms with Crippen LogP contribution in [-0.2, 0) is 14.4 Å². The second-order valence-electron chi connectivity index (χ2n) is 8.26. The molecule has 166 valence electrons. The van der Waals surface area contributed by atoms with E-state index in [0.29, 0.717) is 16.9 Å². The summed E-state index contributed by atoms with van der Waals surface area (Å²) in [5, 5.41) is 13.0. The molecule has 0 aliphatic carbocycles. The zero-order valence-corrected chi connectivity index (χ0v) is 18.0. The Labute approximate surface area is 190 Å². The number of nitro groups is 1. The molecule has 2 amide bonds. The molecule has 8 heteroatoms. The number of nitro benzene ring substituents is 1. The summed E-state index contributed by atoms with van der Waals surface area (Å²) in [4.78, 5) is 45.4. The number of hydrogen-bond donors (Lipinski definition) is 0. The predicted octanol–water partition coefficient (Wildman–Crippen LogP) is 4.26. The molecule has 33 heavy (non-hydrogen) atoms. The van der Waals surface area contributed by atoms with Gasteiger partial charge in [0.1, 0.15) is 5.92 Å². The summed E-state index contributed by atoms with van der Waals surface area (Å²) in [6.45, 7) is 3.74. The number of amides is 2. The fourth-order valence-electron chi connectivity index (χ4n) is 4.65. The van der Waals surface area contributed by atoms with Gasteiger partial charge in [0.05, 0.1) is 22.3 Å². The fourth-order valence-corrected chi connectivity index (χ4v) is 4.65. The molecule has 3 aromatic carbocycles. The zero-order valence-electron chi connectivity index (χ0n) is 18.0. The summed E-state index contributed by atoms with van der Waals surface area (Å²) in [6.07, 6.45) is -1.03. The van der Waals surface area contributed by atoms with Gasteiger partial charge in [-0.1, -0.05) is 48.5 Å². The lowest BCUT2D eigenvalue weighted by Gasteiger charge is -2.30. The van der Waals surface area contributed by atoms with Crippen molar-refractivity contribution in [2.24, 2.45) is 5.92 Å². The highest BCUT2D eigenvalue weighted by Crippen LogP contribution is 2.48. The van der Waals surface area contributed by atoms with Crippen LogP contribution in [0, 0.1) is 29.9 Å². The maximum absolute atomic E-state index is 13.7. The number of hydrogen-bond acceptors (Lipinski definition) is 6. The van der Waals surface area contributed by atoms with Crippen molar-refractivity contribution in [2.75, 3.05) is 9.96 Å². The molecule has 8 nitrogen and oxygen atoms in total. The smallest absolute Gasteiger partial charge is 0.269 e. The Balaban J connectivity index is 1.64. The Morgan fingerprint density at radius 1 is 0.848 bits per heavy atom. The lowest BCUT2D eigenvalue weighted by atomic mass is 9.90. The first-order chi connectivity index (χ1) is 15.9. The number of aryl methyl sites for hydroxylation is 2. The molecule has 2 heterocycles. The third-order valence-corrected chi connectivity index (χ3v) is 6.25. The first kappa shape index (κ1) is 20.8. The third-order valence-electron chi connectivity index (χ3n) is 6.25. The van der Waals surface area contributed by atoms with E-state index in [1.165, 1.54) is 17.0 Å². The van der Waals surface area contributed by atoms with Gasteiger partial charge < -0.3 is 0 Å². The number of nitrogens with zero attached hydrogens (tertiary/aromatic N) is 3. The van der Waals surface area contributed by atoms with Crippen LogP contribution < -0.4 is 9.96 Å². The largest absolute Gasteiger partial charge is 0.273 e. The summed E-state index contributed by atoms with van der Waals surface area (Å²) in [5.41, 5.74) is 3.35. The predicted molar refractivity (Wildman–Crippen MR) is 122 cm³/mol. The van der Waals surface area contributed by atoms with Crippen LogP contribution >= 0.6 is 0 Å². The summed E-state index contributed by atoms with van der Waals surface area (Å²) in [6, 6.07) is 20.1. The van der Waals surface area contributed by atoms with Gasteiger partial charge >= 0.3 is 0 Å². The quantitative estimate of drug-likeness (QED) is 0.340. The molecule has 3 unspecified atom stereocenters. The Morgan fingerprint density at radius 3 is 2.12 bits per heavy atom. The van der Waals surface area contributed by atoms with Crippen LogP contribution in [0.4, 0.5) is 17.1 Å². The highest BCUT2D eigenvalue weighted by atomic mass is 16.7. The number of para-hydroxylation sites is 2. The summed E-state index contributed by atoms with van der Waals surface area (Å²) < 4.78 is 0. The highest BCUT2D eigenvalue weighted by Gasteiger charge is 2.60. The summed E-state index contributed by atoms with van der Waals surface area (Å²) >= 11 is 0. The molecule has 0 bridgehead atoms. The first-order valence-electron chi connectivity index (χ1n) is 10.6. The Kier molecular flexibility index (Phi) is 4.94. The Bertz CT molecular complexity index is 1290. The van der Waals surface area contributed by atoms with Crippen molar-refractivity contribution >= 4 is 28.9 Å². The highest BCUT2D eigenvalue weighted by molar-refractivity contribution is 6.24. The molecular weight excluding hydrogens is 422 g/mol. The van der Waals surface area contributed by atoms with Crippen LogP contribution in [0.3, 0.4) is 0 Å². The van der Waals surface area contributed by atoms with Gasteiger partial charge in [0, 0.05) is 12.1 Å². The van der Waals surface area contributed by atoms with Gasteiger partial charge in [0.25, 0.3) is 11.6 Å². The van der Waals surface area contributed by atoms with Crippen LogP contribution in [0.5, 0.6) is 0 Å². The summed E-state index contributed by atoms with van der Waals surface area (Å²) in [7, 11) is 0. The van der Waals surface area contributed by atoms with E-state index in [1.807, 2.05) is 50.2 Å². The first-order valence-corrected chi connectivity index (χ1v) is 10.6. The second kappa shape index (κ2) is 7.83. The van der Waals surface area contributed by atoms with E-state index in [0.717, 1.165) is 11.1 Å². The van der Waals surface area contributed by atoms with Gasteiger partial charge in [0.15, 0.2) is 6.10 Å². The lowest BCUT2D eigenvalue weighted by molar-refractivity contribution is -0.384. The van der Waals surface area contributed by atoms with Gasteiger partial charge in [0.2, 0.25) is 5.91 Å². The van der Waals surface area contributed by atoms with Gasteiger partial charge in [-0.3, -0.25) is 24.5 Å². The van der Waals surface area contributed by atoms with Crippen molar-refractivity contribution in [3.8, 4) is 0 Å². The van der Waals surface area contributed by atoms with Gasteiger partial charge in [-0.15, -0.1) is 0 Å². The molecule has 2 saturated heterocycles.